The predicted octanol–water partition coefficient (Wildman–Crippen LogP) is 5.84. The molecule has 3 aromatic rings. The molecule has 4 rings (SSSR count). The van der Waals surface area contributed by atoms with Gasteiger partial charge in [-0.05, 0) is 54.4 Å². The smallest absolute Gasteiger partial charge is 0.138 e. The Bertz CT molecular complexity index is 1120. The van der Waals surface area contributed by atoms with Gasteiger partial charge >= 0.3 is 0 Å². The zero-order valence-electron chi connectivity index (χ0n) is 17.6. The number of halogens is 3. The first-order chi connectivity index (χ1) is 15.4. The Morgan fingerprint density at radius 1 is 1.00 bits per heavy atom. The molecule has 1 N–H and O–H groups in total. The van der Waals surface area contributed by atoms with Crippen LogP contribution in [-0.4, -0.2) is 18.2 Å². The van der Waals surface area contributed by atoms with Crippen molar-refractivity contribution in [3.8, 4) is 0 Å². The maximum absolute atomic E-state index is 14.8. The molecule has 0 amide bonds. The van der Waals surface area contributed by atoms with Crippen LogP contribution in [0.15, 0.2) is 71.7 Å². The van der Waals surface area contributed by atoms with E-state index in [0.717, 1.165) is 5.69 Å². The Hall–Kier alpha value is -3.41. The number of benzene rings is 3. The fraction of sp³-hybridized carbons (Fsp3) is 0.231. The van der Waals surface area contributed by atoms with Crippen molar-refractivity contribution >= 4 is 17.3 Å². The minimum atomic E-state index is -0.625. The van der Waals surface area contributed by atoms with Gasteiger partial charge in [-0.15, -0.1) is 0 Å². The number of carbonyl (C=O) groups excluding carboxylic acids is 1. The molecule has 0 unspecified atom stereocenters. The topological polar surface area (TPSA) is 41.5 Å². The molecular weight excluding hydrogens is 413 g/mol. The minimum Gasteiger partial charge on any atom is -0.344 e. The van der Waals surface area contributed by atoms with Crippen LogP contribution in [0.5, 0.6) is 0 Å². The summed E-state index contributed by atoms with van der Waals surface area (Å²) < 4.78 is 42.7. The number of amidine groups is 1. The Morgan fingerprint density at radius 3 is 2.31 bits per heavy atom. The number of nitrogens with zero attached hydrogens (tertiary/aromatic N) is 1. The molecule has 0 bridgehead atoms. The number of carbonyl (C=O) groups is 1. The second-order valence-corrected chi connectivity index (χ2v) is 8.12. The average molecular weight is 436 g/mol. The highest BCUT2D eigenvalue weighted by atomic mass is 19.1. The number of ketones is 1. The quantitative estimate of drug-likeness (QED) is 0.528. The van der Waals surface area contributed by atoms with E-state index in [1.807, 2.05) is 30.3 Å². The predicted molar refractivity (Wildman–Crippen MR) is 119 cm³/mol. The van der Waals surface area contributed by atoms with Gasteiger partial charge in [0.1, 0.15) is 29.1 Å². The summed E-state index contributed by atoms with van der Waals surface area (Å²) in [6.07, 6.45) is 0.175. The minimum absolute atomic E-state index is 0.0382. The summed E-state index contributed by atoms with van der Waals surface area (Å²) in [5.74, 6) is -2.30. The van der Waals surface area contributed by atoms with Crippen molar-refractivity contribution in [1.82, 2.24) is 0 Å². The van der Waals surface area contributed by atoms with Crippen LogP contribution >= 0.6 is 0 Å². The molecule has 1 aliphatic heterocycles. The number of Topliss-reactive ketones (excluding diaryl/α,β-unsaturated/α-hetero) is 1. The number of para-hydroxylation sites is 1. The van der Waals surface area contributed by atoms with Crippen molar-refractivity contribution < 1.29 is 18.0 Å². The molecule has 0 saturated carbocycles. The van der Waals surface area contributed by atoms with Gasteiger partial charge in [0.15, 0.2) is 0 Å². The van der Waals surface area contributed by atoms with E-state index in [0.29, 0.717) is 17.0 Å². The molecule has 0 aliphatic carbocycles. The van der Waals surface area contributed by atoms with Gasteiger partial charge in [-0.25, -0.2) is 13.2 Å². The van der Waals surface area contributed by atoms with Crippen molar-refractivity contribution in [1.29, 1.82) is 0 Å². The lowest BCUT2D eigenvalue weighted by atomic mass is 9.82. The Morgan fingerprint density at radius 2 is 1.66 bits per heavy atom. The number of hydrogen-bond acceptors (Lipinski definition) is 3. The number of aryl methyl sites for hydroxylation is 1. The van der Waals surface area contributed by atoms with Crippen molar-refractivity contribution in [2.45, 2.75) is 25.7 Å². The summed E-state index contributed by atoms with van der Waals surface area (Å²) in [5.41, 5.74) is 1.93. The van der Waals surface area contributed by atoms with Crippen LogP contribution in [0.2, 0.25) is 0 Å². The first-order valence-corrected chi connectivity index (χ1v) is 10.5. The van der Waals surface area contributed by atoms with E-state index in [2.05, 4.69) is 10.3 Å². The van der Waals surface area contributed by atoms with E-state index in [9.17, 15) is 18.0 Å². The van der Waals surface area contributed by atoms with Gasteiger partial charge in [0.05, 0.1) is 0 Å². The standard InChI is InChI=1S/C26H23F3N2O/c1-16-11-23(28)25(24(29)12-16)22-15-30-26(31-19-5-3-2-4-6-19)21(22)14-20(32)13-17-7-9-18(27)10-8-17/h2-12,21-22H,13-15H2,1H3,(H,30,31)/t21-,22+/m0/s1. The van der Waals surface area contributed by atoms with Crippen LogP contribution in [0.4, 0.5) is 18.9 Å². The summed E-state index contributed by atoms with van der Waals surface area (Å²) in [6.45, 7) is 1.81. The Kier molecular flexibility index (Phi) is 6.40. The van der Waals surface area contributed by atoms with E-state index >= 15 is 0 Å². The Balaban J connectivity index is 1.60. The van der Waals surface area contributed by atoms with E-state index in [1.165, 1.54) is 24.3 Å². The van der Waals surface area contributed by atoms with Gasteiger partial charge in [0.2, 0.25) is 0 Å². The third-order valence-electron chi connectivity index (χ3n) is 5.70. The van der Waals surface area contributed by atoms with Crippen molar-refractivity contribution in [2.75, 3.05) is 11.9 Å². The van der Waals surface area contributed by atoms with Crippen LogP contribution in [0.25, 0.3) is 0 Å². The number of aliphatic imine (C=N–C) groups is 1. The lowest BCUT2D eigenvalue weighted by molar-refractivity contribution is -0.119. The molecule has 0 aromatic heterocycles. The van der Waals surface area contributed by atoms with Crippen LogP contribution in [0.3, 0.4) is 0 Å². The largest absolute Gasteiger partial charge is 0.344 e. The van der Waals surface area contributed by atoms with Crippen molar-refractivity contribution in [3.05, 3.63) is 101 Å². The molecule has 0 fully saturated rings. The fourth-order valence-corrected chi connectivity index (χ4v) is 4.18. The molecule has 3 aromatic carbocycles. The van der Waals surface area contributed by atoms with Crippen LogP contribution in [0, 0.1) is 30.3 Å². The summed E-state index contributed by atoms with van der Waals surface area (Å²) in [4.78, 5) is 17.4. The highest BCUT2D eigenvalue weighted by Crippen LogP contribution is 2.37. The number of hydrogen-bond donors (Lipinski definition) is 1. The molecule has 0 saturated heterocycles. The van der Waals surface area contributed by atoms with Gasteiger partial charge in [0.25, 0.3) is 0 Å². The highest BCUT2D eigenvalue weighted by Gasteiger charge is 2.37. The van der Waals surface area contributed by atoms with Gasteiger partial charge in [-0.2, -0.15) is 0 Å². The monoisotopic (exact) mass is 436 g/mol. The molecule has 3 nitrogen and oxygen atoms in total. The SMILES string of the molecule is Cc1cc(F)c([C@@H]2CN=C(Nc3ccccc3)[C@H]2CC(=O)Cc2ccc(F)cc2)c(F)c1. The molecule has 2 atom stereocenters. The average Bonchev–Trinajstić information content (AvgIpc) is 3.11. The summed E-state index contributed by atoms with van der Waals surface area (Å²) in [5, 5.41) is 3.22. The second-order valence-electron chi connectivity index (χ2n) is 8.12. The number of nitrogens with one attached hydrogen (secondary N) is 1. The fourth-order valence-electron chi connectivity index (χ4n) is 4.18. The van der Waals surface area contributed by atoms with E-state index in [1.54, 1.807) is 19.1 Å². The molecule has 32 heavy (non-hydrogen) atoms. The molecule has 0 radical (unpaired) electrons. The molecule has 0 spiro atoms. The summed E-state index contributed by atoms with van der Waals surface area (Å²) in [7, 11) is 0. The van der Waals surface area contributed by atoms with Gasteiger partial charge in [0, 0.05) is 42.5 Å². The third kappa shape index (κ3) is 4.90. The molecule has 1 aliphatic rings. The van der Waals surface area contributed by atoms with E-state index in [4.69, 9.17) is 0 Å². The van der Waals surface area contributed by atoms with Crippen LogP contribution in [0.1, 0.15) is 29.0 Å². The zero-order chi connectivity index (χ0) is 22.7. The maximum Gasteiger partial charge on any atom is 0.138 e. The molecule has 6 heteroatoms. The Labute approximate surface area is 185 Å². The van der Waals surface area contributed by atoms with Gasteiger partial charge < -0.3 is 5.32 Å². The number of rotatable bonds is 6. The highest BCUT2D eigenvalue weighted by molar-refractivity contribution is 6.01. The normalized spacial score (nSPS) is 17.8. The van der Waals surface area contributed by atoms with Crippen LogP contribution < -0.4 is 5.32 Å². The van der Waals surface area contributed by atoms with E-state index in [-0.39, 0.29) is 36.6 Å². The lowest BCUT2D eigenvalue weighted by Gasteiger charge is -2.23. The first kappa shape index (κ1) is 21.8. The second kappa shape index (κ2) is 9.39. The molecular formula is C26H23F3N2O. The number of anilines is 1. The molecule has 164 valence electrons. The zero-order valence-corrected chi connectivity index (χ0v) is 17.6. The first-order valence-electron chi connectivity index (χ1n) is 10.5. The van der Waals surface area contributed by atoms with Crippen molar-refractivity contribution in [2.24, 2.45) is 10.9 Å². The third-order valence-corrected chi connectivity index (χ3v) is 5.70. The van der Waals surface area contributed by atoms with Crippen molar-refractivity contribution in [3.63, 3.8) is 0 Å². The summed E-state index contributed by atoms with van der Waals surface area (Å²) >= 11 is 0. The maximum atomic E-state index is 14.8. The molecule has 1 heterocycles. The van der Waals surface area contributed by atoms with Gasteiger partial charge in [-0.3, -0.25) is 9.79 Å². The van der Waals surface area contributed by atoms with Crippen LogP contribution in [-0.2, 0) is 11.2 Å². The van der Waals surface area contributed by atoms with E-state index < -0.39 is 23.5 Å². The summed E-state index contributed by atoms with van der Waals surface area (Å²) in [6, 6.07) is 17.7. The lowest BCUT2D eigenvalue weighted by Crippen LogP contribution is -2.28. The van der Waals surface area contributed by atoms with Gasteiger partial charge in [-0.1, -0.05) is 30.3 Å².